The van der Waals surface area contributed by atoms with Crippen LogP contribution in [0.5, 0.6) is 5.75 Å². The van der Waals surface area contributed by atoms with Crippen molar-refractivity contribution >= 4 is 44.1 Å². The van der Waals surface area contributed by atoms with E-state index in [1.54, 1.807) is 25.1 Å². The number of allylic oxidation sites excluding steroid dienone is 1. The van der Waals surface area contributed by atoms with E-state index >= 15 is 0 Å². The summed E-state index contributed by atoms with van der Waals surface area (Å²) < 4.78 is 6.39. The Morgan fingerprint density at radius 2 is 2.12 bits per heavy atom. The predicted octanol–water partition coefficient (Wildman–Crippen LogP) is 5.24. The van der Waals surface area contributed by atoms with Crippen LogP contribution in [0.3, 0.4) is 0 Å². The molecule has 0 radical (unpaired) electrons. The van der Waals surface area contributed by atoms with E-state index in [0.717, 1.165) is 5.52 Å². The third-order valence-corrected chi connectivity index (χ3v) is 4.43. The lowest BCUT2D eigenvalue weighted by Gasteiger charge is -2.16. The van der Waals surface area contributed by atoms with E-state index in [1.807, 2.05) is 30.3 Å². The number of fused-ring (bicyclic) bond motifs is 1. The topological polar surface area (TPSA) is 81.9 Å². The van der Waals surface area contributed by atoms with Crippen LogP contribution in [0.25, 0.3) is 16.6 Å². The minimum absolute atomic E-state index is 0.0359. The number of para-hydroxylation sites is 2. The van der Waals surface area contributed by atoms with Gasteiger partial charge in [0.05, 0.1) is 15.5 Å². The van der Waals surface area contributed by atoms with Gasteiger partial charge in [0.25, 0.3) is 0 Å². The van der Waals surface area contributed by atoms with Gasteiger partial charge in [-0.25, -0.2) is 4.98 Å². The van der Waals surface area contributed by atoms with Crippen molar-refractivity contribution in [2.75, 3.05) is 0 Å². The molecule has 25 heavy (non-hydrogen) atoms. The normalized spacial score (nSPS) is 13.2. The zero-order valence-corrected chi connectivity index (χ0v) is 15.5. The molecule has 126 valence electrons. The maximum Gasteiger partial charge on any atom is 0.154 e. The second kappa shape index (κ2) is 7.18. The Labute approximate surface area is 157 Å². The van der Waals surface area contributed by atoms with Gasteiger partial charge in [0.15, 0.2) is 17.7 Å². The van der Waals surface area contributed by atoms with Crippen molar-refractivity contribution in [2.24, 2.45) is 0 Å². The van der Waals surface area contributed by atoms with Crippen LogP contribution in [-0.4, -0.2) is 21.2 Å². The molecule has 2 aromatic carbocycles. The first-order valence-electron chi connectivity index (χ1n) is 7.39. The SMILES string of the molecule is CC(Oc1ccc(Cl)cc1Br)/C(O)=C(\C#N)c1nc2ccccc2[nH]1. The van der Waals surface area contributed by atoms with E-state index < -0.39 is 6.10 Å². The maximum atomic E-state index is 10.5. The fraction of sp³-hybridized carbons (Fsp3) is 0.111. The summed E-state index contributed by atoms with van der Waals surface area (Å²) in [6.45, 7) is 1.65. The molecular weight excluding hydrogens is 406 g/mol. The van der Waals surface area contributed by atoms with Gasteiger partial charge in [-0.05, 0) is 53.2 Å². The van der Waals surface area contributed by atoms with Crippen LogP contribution < -0.4 is 4.74 Å². The summed E-state index contributed by atoms with van der Waals surface area (Å²) in [5.41, 5.74) is 1.54. The molecule has 0 aliphatic carbocycles. The number of hydrogen-bond donors (Lipinski definition) is 2. The molecule has 2 N–H and O–H groups in total. The number of aromatic amines is 1. The van der Waals surface area contributed by atoms with Gasteiger partial charge >= 0.3 is 0 Å². The average Bonchev–Trinajstić information content (AvgIpc) is 3.01. The van der Waals surface area contributed by atoms with Crippen molar-refractivity contribution in [3.63, 3.8) is 0 Å². The van der Waals surface area contributed by atoms with Crippen molar-refractivity contribution in [3.05, 3.63) is 63.5 Å². The molecule has 5 nitrogen and oxygen atoms in total. The third-order valence-electron chi connectivity index (χ3n) is 3.58. The number of rotatable bonds is 4. The second-order valence-corrected chi connectivity index (χ2v) is 6.60. The minimum atomic E-state index is -0.750. The Hall–Kier alpha value is -2.49. The number of hydrogen-bond acceptors (Lipinski definition) is 4. The van der Waals surface area contributed by atoms with Gasteiger partial charge in [0.1, 0.15) is 17.4 Å². The number of nitrogens with zero attached hydrogens (tertiary/aromatic N) is 2. The smallest absolute Gasteiger partial charge is 0.154 e. The van der Waals surface area contributed by atoms with Gasteiger partial charge in [-0.15, -0.1) is 0 Å². The Morgan fingerprint density at radius 3 is 2.80 bits per heavy atom. The molecule has 0 fully saturated rings. The highest BCUT2D eigenvalue weighted by Gasteiger charge is 2.20. The molecule has 3 aromatic rings. The molecule has 0 saturated heterocycles. The lowest BCUT2D eigenvalue weighted by Crippen LogP contribution is -2.17. The van der Waals surface area contributed by atoms with E-state index in [9.17, 15) is 10.4 Å². The first kappa shape index (κ1) is 17.3. The van der Waals surface area contributed by atoms with Crippen molar-refractivity contribution in [1.82, 2.24) is 9.97 Å². The highest BCUT2D eigenvalue weighted by molar-refractivity contribution is 9.10. The molecule has 0 spiro atoms. The Kier molecular flexibility index (Phi) is 4.98. The van der Waals surface area contributed by atoms with Crippen molar-refractivity contribution in [1.29, 1.82) is 5.26 Å². The third kappa shape index (κ3) is 3.63. The average molecular weight is 419 g/mol. The zero-order valence-electron chi connectivity index (χ0n) is 13.1. The largest absolute Gasteiger partial charge is 0.507 e. The number of nitrogens with one attached hydrogen (secondary N) is 1. The van der Waals surface area contributed by atoms with Crippen molar-refractivity contribution < 1.29 is 9.84 Å². The number of aliphatic hydroxyl groups excluding tert-OH is 1. The molecule has 1 atom stereocenters. The lowest BCUT2D eigenvalue weighted by molar-refractivity contribution is 0.192. The summed E-state index contributed by atoms with van der Waals surface area (Å²) in [4.78, 5) is 7.38. The van der Waals surface area contributed by atoms with Crippen LogP contribution in [-0.2, 0) is 0 Å². The number of halogens is 2. The zero-order chi connectivity index (χ0) is 18.0. The van der Waals surface area contributed by atoms with Crippen molar-refractivity contribution in [3.8, 4) is 11.8 Å². The predicted molar refractivity (Wildman–Crippen MR) is 100 cm³/mol. The van der Waals surface area contributed by atoms with E-state index in [4.69, 9.17) is 16.3 Å². The van der Waals surface area contributed by atoms with Crippen LogP contribution >= 0.6 is 27.5 Å². The number of imidazole rings is 1. The number of aromatic nitrogens is 2. The number of benzene rings is 2. The molecule has 0 bridgehead atoms. The standard InChI is InChI=1S/C18H13BrClN3O2/c1-10(25-16-7-6-11(20)8-13(16)19)17(24)12(9-21)18-22-14-4-2-3-5-15(14)23-18/h2-8,10,24H,1H3,(H,22,23)/b17-12-. The second-order valence-electron chi connectivity index (χ2n) is 5.31. The summed E-state index contributed by atoms with van der Waals surface area (Å²) in [5, 5.41) is 20.5. The van der Waals surface area contributed by atoms with Gasteiger partial charge in [-0.1, -0.05) is 23.7 Å². The monoisotopic (exact) mass is 417 g/mol. The fourth-order valence-corrected chi connectivity index (χ4v) is 3.10. The Balaban J connectivity index is 1.93. The van der Waals surface area contributed by atoms with Crippen LogP contribution in [0.2, 0.25) is 5.02 Å². The lowest BCUT2D eigenvalue weighted by atomic mass is 10.1. The summed E-state index contributed by atoms with van der Waals surface area (Å²) in [6.07, 6.45) is -0.750. The molecule has 0 amide bonds. The van der Waals surface area contributed by atoms with Crippen LogP contribution in [0, 0.1) is 11.3 Å². The van der Waals surface area contributed by atoms with Gasteiger partial charge in [-0.2, -0.15) is 5.26 Å². The van der Waals surface area contributed by atoms with Gasteiger partial charge < -0.3 is 14.8 Å². The number of nitriles is 1. The molecule has 0 saturated carbocycles. The summed E-state index contributed by atoms with van der Waals surface area (Å²) >= 11 is 9.26. The Morgan fingerprint density at radius 1 is 1.36 bits per heavy atom. The summed E-state index contributed by atoms with van der Waals surface area (Å²) in [5.74, 6) is 0.598. The first-order valence-corrected chi connectivity index (χ1v) is 8.56. The van der Waals surface area contributed by atoms with Crippen molar-refractivity contribution in [2.45, 2.75) is 13.0 Å². The van der Waals surface area contributed by atoms with E-state index in [2.05, 4.69) is 25.9 Å². The number of ether oxygens (including phenoxy) is 1. The van der Waals surface area contributed by atoms with Crippen LogP contribution in [0.15, 0.2) is 52.7 Å². The van der Waals surface area contributed by atoms with E-state index in [-0.39, 0.29) is 11.3 Å². The fourth-order valence-electron chi connectivity index (χ4n) is 2.32. The Bertz CT molecular complexity index is 974. The highest BCUT2D eigenvalue weighted by Crippen LogP contribution is 2.30. The highest BCUT2D eigenvalue weighted by atomic mass is 79.9. The summed E-state index contributed by atoms with van der Waals surface area (Å²) in [6, 6.07) is 14.4. The minimum Gasteiger partial charge on any atom is -0.507 e. The first-order chi connectivity index (χ1) is 12.0. The van der Waals surface area contributed by atoms with Crippen LogP contribution in [0.4, 0.5) is 0 Å². The molecule has 1 heterocycles. The molecule has 0 aliphatic rings. The molecule has 1 aromatic heterocycles. The number of aliphatic hydroxyl groups is 1. The molecule has 0 aliphatic heterocycles. The number of H-pyrrole nitrogens is 1. The molecule has 7 heteroatoms. The molecule has 3 rings (SSSR count). The van der Waals surface area contributed by atoms with Gasteiger partial charge in [-0.3, -0.25) is 0 Å². The van der Waals surface area contributed by atoms with Gasteiger partial charge in [0, 0.05) is 5.02 Å². The van der Waals surface area contributed by atoms with E-state index in [0.29, 0.717) is 26.6 Å². The van der Waals surface area contributed by atoms with Gasteiger partial charge in [0.2, 0.25) is 0 Å². The molecule has 1 unspecified atom stereocenters. The summed E-state index contributed by atoms with van der Waals surface area (Å²) in [7, 11) is 0. The quantitative estimate of drug-likeness (QED) is 0.448. The van der Waals surface area contributed by atoms with E-state index in [1.165, 1.54) is 0 Å². The molecular formula is C18H13BrClN3O2. The maximum absolute atomic E-state index is 10.5. The van der Waals surface area contributed by atoms with Crippen LogP contribution in [0.1, 0.15) is 12.7 Å².